The van der Waals surface area contributed by atoms with Gasteiger partial charge in [0.25, 0.3) is 0 Å². The summed E-state index contributed by atoms with van der Waals surface area (Å²) in [6.07, 6.45) is 0.507. The van der Waals surface area contributed by atoms with E-state index in [0.717, 1.165) is 16.9 Å². The summed E-state index contributed by atoms with van der Waals surface area (Å²) in [6, 6.07) is 0. The summed E-state index contributed by atoms with van der Waals surface area (Å²) >= 11 is 0. The number of aryl methyl sites for hydroxylation is 1. The molecule has 0 amide bonds. The quantitative estimate of drug-likeness (QED) is 0.632. The van der Waals surface area contributed by atoms with E-state index in [-0.39, 0.29) is 5.78 Å². The molecule has 1 aromatic rings. The molecule has 0 fully saturated rings. The van der Waals surface area contributed by atoms with Crippen LogP contribution < -0.4 is 0 Å². The van der Waals surface area contributed by atoms with Crippen molar-refractivity contribution in [2.45, 2.75) is 34.1 Å². The van der Waals surface area contributed by atoms with Crippen molar-refractivity contribution < 1.29 is 9.21 Å². The summed E-state index contributed by atoms with van der Waals surface area (Å²) in [5, 5.41) is 0. The minimum Gasteiger partial charge on any atom is -0.458 e. The van der Waals surface area contributed by atoms with Gasteiger partial charge in [-0.25, -0.2) is 0 Å². The summed E-state index contributed by atoms with van der Waals surface area (Å²) in [6.45, 7) is 7.62. The predicted octanol–water partition coefficient (Wildman–Crippen LogP) is 2.80. The smallest absolute Gasteiger partial charge is 0.198 e. The van der Waals surface area contributed by atoms with Crippen LogP contribution in [0.5, 0.6) is 0 Å². The van der Waals surface area contributed by atoms with Crippen molar-refractivity contribution in [3.05, 3.63) is 22.6 Å². The van der Waals surface area contributed by atoms with Crippen LogP contribution in [-0.4, -0.2) is 5.78 Å². The van der Waals surface area contributed by atoms with Crippen molar-refractivity contribution in [1.82, 2.24) is 0 Å². The first-order valence-electron chi connectivity index (χ1n) is 4.17. The lowest BCUT2D eigenvalue weighted by atomic mass is 10.1. The molecule has 0 saturated carbocycles. The van der Waals surface area contributed by atoms with Crippen LogP contribution in [0.1, 0.15) is 40.8 Å². The fourth-order valence-corrected chi connectivity index (χ4v) is 1.17. The average Bonchev–Trinajstić information content (AvgIpc) is 2.32. The molecule has 1 heterocycles. The highest BCUT2D eigenvalue weighted by Crippen LogP contribution is 2.21. The summed E-state index contributed by atoms with van der Waals surface area (Å²) in [7, 11) is 0. The Morgan fingerprint density at radius 3 is 2.17 bits per heavy atom. The van der Waals surface area contributed by atoms with Crippen LogP contribution in [-0.2, 0) is 0 Å². The molecule has 0 spiro atoms. The van der Waals surface area contributed by atoms with E-state index in [0.29, 0.717) is 12.2 Å². The van der Waals surface area contributed by atoms with Crippen LogP contribution in [0.15, 0.2) is 4.42 Å². The number of rotatable bonds is 2. The number of furan rings is 1. The van der Waals surface area contributed by atoms with Crippen LogP contribution >= 0.6 is 0 Å². The van der Waals surface area contributed by atoms with Crippen LogP contribution in [0.25, 0.3) is 0 Å². The second-order valence-corrected chi connectivity index (χ2v) is 3.01. The molecule has 1 rings (SSSR count). The lowest BCUT2D eigenvalue weighted by molar-refractivity contribution is 0.0959. The van der Waals surface area contributed by atoms with Crippen molar-refractivity contribution in [2.75, 3.05) is 0 Å². The summed E-state index contributed by atoms with van der Waals surface area (Å²) in [4.78, 5) is 11.3. The van der Waals surface area contributed by atoms with Gasteiger partial charge in [-0.3, -0.25) is 4.79 Å². The minimum atomic E-state index is 0.0868. The Hall–Kier alpha value is -1.05. The van der Waals surface area contributed by atoms with Gasteiger partial charge < -0.3 is 4.42 Å². The molecule has 0 atom stereocenters. The molecule has 0 aliphatic rings. The Balaban J connectivity index is 3.17. The molecule has 1 aromatic heterocycles. The van der Waals surface area contributed by atoms with Crippen LogP contribution in [0, 0.1) is 20.8 Å². The van der Waals surface area contributed by atoms with E-state index < -0.39 is 0 Å². The zero-order valence-corrected chi connectivity index (χ0v) is 8.02. The maximum Gasteiger partial charge on any atom is 0.198 e. The Morgan fingerprint density at radius 2 is 1.83 bits per heavy atom. The highest BCUT2D eigenvalue weighted by Gasteiger charge is 2.15. The molecule has 2 heteroatoms. The molecular formula is C10H14O2. The molecule has 0 saturated heterocycles. The SMILES string of the molecule is CCC(=O)c1oc(C)c(C)c1C. The van der Waals surface area contributed by atoms with Crippen LogP contribution in [0.3, 0.4) is 0 Å². The standard InChI is InChI=1S/C10H14O2/c1-5-9(11)10-7(3)6(2)8(4)12-10/h5H2,1-4H3. The second kappa shape index (κ2) is 3.13. The third-order valence-electron chi connectivity index (χ3n) is 2.26. The summed E-state index contributed by atoms with van der Waals surface area (Å²) < 4.78 is 5.35. The Labute approximate surface area is 72.6 Å². The zero-order valence-electron chi connectivity index (χ0n) is 8.02. The topological polar surface area (TPSA) is 30.2 Å². The van der Waals surface area contributed by atoms with Crippen molar-refractivity contribution >= 4 is 5.78 Å². The van der Waals surface area contributed by atoms with E-state index in [4.69, 9.17) is 4.42 Å². The van der Waals surface area contributed by atoms with Crippen LogP contribution in [0.2, 0.25) is 0 Å². The first kappa shape index (κ1) is 9.04. The highest BCUT2D eigenvalue weighted by atomic mass is 16.3. The first-order chi connectivity index (χ1) is 5.57. The van der Waals surface area contributed by atoms with Gasteiger partial charge in [-0.1, -0.05) is 6.92 Å². The van der Waals surface area contributed by atoms with E-state index in [2.05, 4.69) is 0 Å². The fourth-order valence-electron chi connectivity index (χ4n) is 1.17. The second-order valence-electron chi connectivity index (χ2n) is 3.01. The van der Waals surface area contributed by atoms with Crippen LogP contribution in [0.4, 0.5) is 0 Å². The van der Waals surface area contributed by atoms with Gasteiger partial charge in [-0.15, -0.1) is 0 Å². The normalized spacial score (nSPS) is 10.3. The van der Waals surface area contributed by atoms with E-state index in [1.807, 2.05) is 27.7 Å². The molecule has 0 aliphatic heterocycles. The van der Waals surface area contributed by atoms with Gasteiger partial charge in [-0.2, -0.15) is 0 Å². The molecule has 2 nitrogen and oxygen atoms in total. The number of hydrogen-bond donors (Lipinski definition) is 0. The predicted molar refractivity (Wildman–Crippen MR) is 47.5 cm³/mol. The fraction of sp³-hybridized carbons (Fsp3) is 0.500. The van der Waals surface area contributed by atoms with Crippen molar-refractivity contribution in [2.24, 2.45) is 0 Å². The van der Waals surface area contributed by atoms with Gasteiger partial charge >= 0.3 is 0 Å². The Kier molecular flexibility index (Phi) is 2.36. The molecule has 0 aromatic carbocycles. The van der Waals surface area contributed by atoms with E-state index in [1.165, 1.54) is 0 Å². The van der Waals surface area contributed by atoms with Crippen molar-refractivity contribution in [1.29, 1.82) is 0 Å². The molecule has 0 unspecified atom stereocenters. The molecule has 0 N–H and O–H groups in total. The molecule has 0 radical (unpaired) electrons. The maximum atomic E-state index is 11.3. The largest absolute Gasteiger partial charge is 0.458 e. The van der Waals surface area contributed by atoms with E-state index in [1.54, 1.807) is 0 Å². The minimum absolute atomic E-state index is 0.0868. The number of carbonyl (C=O) groups excluding carboxylic acids is 1. The number of carbonyl (C=O) groups is 1. The van der Waals surface area contributed by atoms with Gasteiger partial charge in [0.05, 0.1) is 0 Å². The average molecular weight is 166 g/mol. The van der Waals surface area contributed by atoms with Crippen molar-refractivity contribution in [3.63, 3.8) is 0 Å². The van der Waals surface area contributed by atoms with Gasteiger partial charge in [-0.05, 0) is 26.3 Å². The third kappa shape index (κ3) is 1.29. The molecule has 0 bridgehead atoms. The number of ketones is 1. The van der Waals surface area contributed by atoms with Crippen molar-refractivity contribution in [3.8, 4) is 0 Å². The number of hydrogen-bond acceptors (Lipinski definition) is 2. The summed E-state index contributed by atoms with van der Waals surface area (Å²) in [5.74, 6) is 1.47. The van der Waals surface area contributed by atoms with Gasteiger partial charge in [0.1, 0.15) is 5.76 Å². The van der Waals surface area contributed by atoms with E-state index >= 15 is 0 Å². The maximum absolute atomic E-state index is 11.3. The van der Waals surface area contributed by atoms with E-state index in [9.17, 15) is 4.79 Å². The highest BCUT2D eigenvalue weighted by molar-refractivity contribution is 5.94. The summed E-state index contributed by atoms with van der Waals surface area (Å²) in [5.41, 5.74) is 2.08. The first-order valence-corrected chi connectivity index (χ1v) is 4.17. The molecule has 12 heavy (non-hydrogen) atoms. The molecule has 0 aliphatic carbocycles. The molecule has 66 valence electrons. The number of Topliss-reactive ketones (excluding diaryl/α,β-unsaturated/α-hetero) is 1. The molecular weight excluding hydrogens is 152 g/mol. The van der Waals surface area contributed by atoms with Gasteiger partial charge in [0, 0.05) is 12.0 Å². The Morgan fingerprint density at radius 1 is 1.25 bits per heavy atom. The van der Waals surface area contributed by atoms with Gasteiger partial charge in [0.15, 0.2) is 11.5 Å². The van der Waals surface area contributed by atoms with Gasteiger partial charge in [0.2, 0.25) is 0 Å². The lowest BCUT2D eigenvalue weighted by Gasteiger charge is -1.92. The third-order valence-corrected chi connectivity index (χ3v) is 2.26. The zero-order chi connectivity index (χ0) is 9.30. The Bertz CT molecular complexity index is 308. The lowest BCUT2D eigenvalue weighted by Crippen LogP contribution is -1.96. The monoisotopic (exact) mass is 166 g/mol.